The summed E-state index contributed by atoms with van der Waals surface area (Å²) in [5.41, 5.74) is 0.452. The van der Waals surface area contributed by atoms with E-state index in [4.69, 9.17) is 0 Å². The fourth-order valence-corrected chi connectivity index (χ4v) is 2.08. The van der Waals surface area contributed by atoms with Crippen LogP contribution in [-0.2, 0) is 6.54 Å². The summed E-state index contributed by atoms with van der Waals surface area (Å²) in [5, 5.41) is 6.51. The van der Waals surface area contributed by atoms with Gasteiger partial charge in [0.2, 0.25) is 0 Å². The minimum Gasteiger partial charge on any atom is -0.363 e. The van der Waals surface area contributed by atoms with Crippen molar-refractivity contribution in [3.63, 3.8) is 0 Å². The Morgan fingerprint density at radius 1 is 1.20 bits per heavy atom. The van der Waals surface area contributed by atoms with Crippen LogP contribution in [0, 0.1) is 5.82 Å². The molecule has 0 saturated carbocycles. The molecule has 0 spiro atoms. The molecular formula is C16H28FN3. The number of pyridine rings is 1. The third-order valence-corrected chi connectivity index (χ3v) is 3.11. The maximum Gasteiger partial charge on any atom is 0.169 e. The van der Waals surface area contributed by atoms with Crippen LogP contribution in [0.2, 0.25) is 0 Å². The van der Waals surface area contributed by atoms with Crippen molar-refractivity contribution < 1.29 is 4.39 Å². The highest BCUT2D eigenvalue weighted by atomic mass is 19.1. The standard InChI is InChI=1S/C16H28FN3/c1-7-9-16(5,6)20-14-13(17)12(8-10-18-14)11-19-15(2,3)4/h8,10,19H,7,9,11H2,1-6H3,(H,18,20). The van der Waals surface area contributed by atoms with Crippen molar-refractivity contribution in [2.24, 2.45) is 0 Å². The fraction of sp³-hybridized carbons (Fsp3) is 0.688. The summed E-state index contributed by atoms with van der Waals surface area (Å²) in [5.74, 6) is 0.0880. The zero-order chi connectivity index (χ0) is 15.4. The van der Waals surface area contributed by atoms with Gasteiger partial charge in [0.25, 0.3) is 0 Å². The molecule has 0 radical (unpaired) electrons. The molecular weight excluding hydrogens is 253 g/mol. The quantitative estimate of drug-likeness (QED) is 0.824. The summed E-state index contributed by atoms with van der Waals surface area (Å²) >= 11 is 0. The van der Waals surface area contributed by atoms with E-state index in [2.05, 4.69) is 57.2 Å². The molecule has 4 heteroatoms. The van der Waals surface area contributed by atoms with Gasteiger partial charge < -0.3 is 10.6 Å². The number of rotatable bonds is 6. The molecule has 1 heterocycles. The van der Waals surface area contributed by atoms with Gasteiger partial charge in [-0.1, -0.05) is 13.3 Å². The molecule has 1 aromatic rings. The lowest BCUT2D eigenvalue weighted by Gasteiger charge is -2.27. The second-order valence-corrected chi connectivity index (χ2v) is 7.00. The average molecular weight is 281 g/mol. The molecule has 20 heavy (non-hydrogen) atoms. The predicted octanol–water partition coefficient (Wildman–Crippen LogP) is 4.10. The van der Waals surface area contributed by atoms with Crippen molar-refractivity contribution in [1.29, 1.82) is 0 Å². The Morgan fingerprint density at radius 2 is 1.85 bits per heavy atom. The van der Waals surface area contributed by atoms with Crippen LogP contribution in [-0.4, -0.2) is 16.1 Å². The Bertz CT molecular complexity index is 436. The van der Waals surface area contributed by atoms with Crippen molar-refractivity contribution in [3.8, 4) is 0 Å². The maximum absolute atomic E-state index is 14.5. The maximum atomic E-state index is 14.5. The number of hydrogen-bond donors (Lipinski definition) is 2. The molecule has 2 N–H and O–H groups in total. The van der Waals surface area contributed by atoms with Gasteiger partial charge in [-0.25, -0.2) is 9.37 Å². The van der Waals surface area contributed by atoms with Crippen LogP contribution in [0.5, 0.6) is 0 Å². The normalized spacial score (nSPS) is 12.6. The Labute approximate surface area is 122 Å². The van der Waals surface area contributed by atoms with Crippen LogP contribution in [0.15, 0.2) is 12.3 Å². The lowest BCUT2D eigenvalue weighted by atomic mass is 9.99. The Morgan fingerprint density at radius 3 is 2.40 bits per heavy atom. The first kappa shape index (κ1) is 16.9. The van der Waals surface area contributed by atoms with Crippen LogP contribution < -0.4 is 10.6 Å². The minimum absolute atomic E-state index is 0.0369. The molecule has 0 fully saturated rings. The zero-order valence-corrected chi connectivity index (χ0v) is 13.6. The number of halogens is 1. The number of hydrogen-bond acceptors (Lipinski definition) is 3. The second kappa shape index (κ2) is 6.53. The number of nitrogens with one attached hydrogen (secondary N) is 2. The third kappa shape index (κ3) is 5.45. The van der Waals surface area contributed by atoms with E-state index in [1.54, 1.807) is 12.3 Å². The van der Waals surface area contributed by atoms with Crippen LogP contribution >= 0.6 is 0 Å². The van der Waals surface area contributed by atoms with E-state index in [9.17, 15) is 4.39 Å². The summed E-state index contributed by atoms with van der Waals surface area (Å²) in [6, 6.07) is 1.73. The smallest absolute Gasteiger partial charge is 0.169 e. The van der Waals surface area contributed by atoms with Gasteiger partial charge in [-0.2, -0.15) is 0 Å². The molecule has 0 aliphatic heterocycles. The van der Waals surface area contributed by atoms with Crippen LogP contribution in [0.4, 0.5) is 10.2 Å². The van der Waals surface area contributed by atoms with Gasteiger partial charge in [-0.15, -0.1) is 0 Å². The van der Waals surface area contributed by atoms with Gasteiger partial charge in [0.1, 0.15) is 0 Å². The lowest BCUT2D eigenvalue weighted by molar-refractivity contribution is 0.418. The molecule has 3 nitrogen and oxygen atoms in total. The Kier molecular flexibility index (Phi) is 5.51. The molecule has 0 aliphatic rings. The molecule has 0 atom stereocenters. The number of aromatic nitrogens is 1. The molecule has 0 saturated heterocycles. The van der Waals surface area contributed by atoms with Crippen molar-refractivity contribution in [2.75, 3.05) is 5.32 Å². The molecule has 1 rings (SSSR count). The zero-order valence-electron chi connectivity index (χ0n) is 13.6. The van der Waals surface area contributed by atoms with E-state index in [0.29, 0.717) is 17.9 Å². The Hall–Kier alpha value is -1.16. The predicted molar refractivity (Wildman–Crippen MR) is 83.4 cm³/mol. The van der Waals surface area contributed by atoms with E-state index in [0.717, 1.165) is 12.8 Å². The first-order valence-electron chi connectivity index (χ1n) is 7.31. The molecule has 114 valence electrons. The van der Waals surface area contributed by atoms with Crippen molar-refractivity contribution >= 4 is 5.82 Å². The van der Waals surface area contributed by atoms with E-state index in [1.807, 2.05) is 0 Å². The lowest BCUT2D eigenvalue weighted by Crippen LogP contribution is -2.35. The highest BCUT2D eigenvalue weighted by molar-refractivity contribution is 5.42. The van der Waals surface area contributed by atoms with Crippen LogP contribution in [0.1, 0.15) is 59.9 Å². The van der Waals surface area contributed by atoms with Gasteiger partial charge in [0, 0.05) is 29.4 Å². The molecule has 0 amide bonds. The molecule has 0 bridgehead atoms. The summed E-state index contributed by atoms with van der Waals surface area (Å²) < 4.78 is 14.5. The summed E-state index contributed by atoms with van der Waals surface area (Å²) in [4.78, 5) is 4.14. The first-order valence-corrected chi connectivity index (χ1v) is 7.31. The van der Waals surface area contributed by atoms with Crippen molar-refractivity contribution in [3.05, 3.63) is 23.6 Å². The van der Waals surface area contributed by atoms with Crippen LogP contribution in [0.3, 0.4) is 0 Å². The third-order valence-electron chi connectivity index (χ3n) is 3.11. The summed E-state index contributed by atoms with van der Waals surface area (Å²) in [6.07, 6.45) is 3.68. The van der Waals surface area contributed by atoms with Gasteiger partial charge >= 0.3 is 0 Å². The van der Waals surface area contributed by atoms with Crippen LogP contribution in [0.25, 0.3) is 0 Å². The monoisotopic (exact) mass is 281 g/mol. The van der Waals surface area contributed by atoms with E-state index < -0.39 is 0 Å². The topological polar surface area (TPSA) is 37.0 Å². The van der Waals surface area contributed by atoms with Crippen molar-refractivity contribution in [2.45, 2.75) is 72.0 Å². The number of nitrogens with zero attached hydrogens (tertiary/aromatic N) is 1. The number of anilines is 1. The van der Waals surface area contributed by atoms with Gasteiger partial charge in [-0.05, 0) is 47.1 Å². The van der Waals surface area contributed by atoms with Gasteiger partial charge in [0.05, 0.1) is 0 Å². The van der Waals surface area contributed by atoms with E-state index in [1.165, 1.54) is 0 Å². The molecule has 0 unspecified atom stereocenters. The summed E-state index contributed by atoms with van der Waals surface area (Å²) in [6.45, 7) is 13.0. The second-order valence-electron chi connectivity index (χ2n) is 7.00. The van der Waals surface area contributed by atoms with Gasteiger partial charge in [0.15, 0.2) is 11.6 Å². The fourth-order valence-electron chi connectivity index (χ4n) is 2.08. The largest absolute Gasteiger partial charge is 0.363 e. The minimum atomic E-state index is -0.256. The summed E-state index contributed by atoms with van der Waals surface area (Å²) in [7, 11) is 0. The molecule has 1 aromatic heterocycles. The Balaban J connectivity index is 2.84. The average Bonchev–Trinajstić information content (AvgIpc) is 2.28. The molecule has 0 aliphatic carbocycles. The van der Waals surface area contributed by atoms with E-state index in [-0.39, 0.29) is 16.9 Å². The highest BCUT2D eigenvalue weighted by Gasteiger charge is 2.20. The molecule has 0 aromatic carbocycles. The highest BCUT2D eigenvalue weighted by Crippen LogP contribution is 2.22. The first-order chi connectivity index (χ1) is 9.14. The van der Waals surface area contributed by atoms with Gasteiger partial charge in [-0.3, -0.25) is 0 Å². The van der Waals surface area contributed by atoms with E-state index >= 15 is 0 Å². The SMILES string of the molecule is CCCC(C)(C)Nc1nccc(CNC(C)(C)C)c1F. The van der Waals surface area contributed by atoms with Crippen molar-refractivity contribution in [1.82, 2.24) is 10.3 Å².